The van der Waals surface area contributed by atoms with E-state index in [0.717, 1.165) is 10.5 Å². The highest BCUT2D eigenvalue weighted by Crippen LogP contribution is 2.34. The molecule has 0 saturated heterocycles. The molecule has 0 atom stereocenters. The van der Waals surface area contributed by atoms with E-state index in [1.165, 1.54) is 36.5 Å². The first-order valence-electron chi connectivity index (χ1n) is 9.49. The second-order valence-electron chi connectivity index (χ2n) is 6.71. The van der Waals surface area contributed by atoms with E-state index in [4.69, 9.17) is 0 Å². The summed E-state index contributed by atoms with van der Waals surface area (Å²) in [7, 11) is 0. The zero-order chi connectivity index (χ0) is 24.0. The topological polar surface area (TPSA) is 119 Å². The summed E-state index contributed by atoms with van der Waals surface area (Å²) in [6, 6.07) is 11.1. The van der Waals surface area contributed by atoms with Crippen molar-refractivity contribution in [3.63, 3.8) is 0 Å². The number of carbonyl (C=O) groups excluding carboxylic acids is 1. The van der Waals surface area contributed by atoms with Gasteiger partial charge in [0.1, 0.15) is 0 Å². The Morgan fingerprint density at radius 1 is 1.06 bits per heavy atom. The number of aromatic nitrogens is 2. The molecule has 4 N–H and O–H groups in total. The van der Waals surface area contributed by atoms with E-state index in [1.807, 2.05) is 0 Å². The summed E-state index contributed by atoms with van der Waals surface area (Å²) in [5.74, 6) is -0.833. The van der Waals surface area contributed by atoms with Gasteiger partial charge in [0.25, 0.3) is 11.5 Å². The molecule has 0 unspecified atom stereocenters. The third kappa shape index (κ3) is 6.65. The molecular formula is C21H17BrF3N5O3. The van der Waals surface area contributed by atoms with Crippen LogP contribution in [0.25, 0.3) is 0 Å². The Bertz CT molecular complexity index is 1280. The molecular weight excluding hydrogens is 507 g/mol. The summed E-state index contributed by atoms with van der Waals surface area (Å²) in [4.78, 5) is 44.1. The SMILES string of the molecule is O=C(NC(=NCCc1c[nH]c(=O)[nH]c1=O)Nc1ccccc1C(F)(F)F)c1ccc(Br)cc1. The highest BCUT2D eigenvalue weighted by atomic mass is 79.9. The third-order valence-electron chi connectivity index (χ3n) is 4.37. The maximum absolute atomic E-state index is 13.4. The minimum Gasteiger partial charge on any atom is -0.325 e. The molecule has 0 fully saturated rings. The molecule has 2 aromatic carbocycles. The average Bonchev–Trinajstić information content (AvgIpc) is 2.75. The van der Waals surface area contributed by atoms with Crippen LogP contribution in [0.4, 0.5) is 18.9 Å². The maximum Gasteiger partial charge on any atom is 0.418 e. The summed E-state index contributed by atoms with van der Waals surface area (Å²) >= 11 is 3.26. The Balaban J connectivity index is 1.86. The van der Waals surface area contributed by atoms with Gasteiger partial charge in [-0.1, -0.05) is 28.1 Å². The summed E-state index contributed by atoms with van der Waals surface area (Å²) in [6.07, 6.45) is -3.34. The van der Waals surface area contributed by atoms with Crippen LogP contribution in [0.1, 0.15) is 21.5 Å². The van der Waals surface area contributed by atoms with Gasteiger partial charge in [0.15, 0.2) is 0 Å². The molecule has 33 heavy (non-hydrogen) atoms. The number of guanidine groups is 1. The van der Waals surface area contributed by atoms with Crippen LogP contribution in [0.2, 0.25) is 0 Å². The van der Waals surface area contributed by atoms with Crippen molar-refractivity contribution in [3.8, 4) is 0 Å². The van der Waals surface area contributed by atoms with E-state index >= 15 is 0 Å². The lowest BCUT2D eigenvalue weighted by Crippen LogP contribution is -2.37. The number of aromatic amines is 2. The lowest BCUT2D eigenvalue weighted by atomic mass is 10.1. The van der Waals surface area contributed by atoms with E-state index in [-0.39, 0.29) is 35.7 Å². The number of alkyl halides is 3. The molecule has 3 rings (SSSR count). The van der Waals surface area contributed by atoms with E-state index in [9.17, 15) is 27.6 Å². The minimum atomic E-state index is -4.63. The number of aliphatic imine (C=N–C) groups is 1. The van der Waals surface area contributed by atoms with Crippen molar-refractivity contribution in [2.45, 2.75) is 12.6 Å². The number of nitrogens with one attached hydrogen (secondary N) is 4. The van der Waals surface area contributed by atoms with Gasteiger partial charge in [-0.15, -0.1) is 0 Å². The van der Waals surface area contributed by atoms with Gasteiger partial charge in [0.2, 0.25) is 5.96 Å². The van der Waals surface area contributed by atoms with Gasteiger partial charge in [-0.05, 0) is 42.8 Å². The van der Waals surface area contributed by atoms with Gasteiger partial charge in [-0.25, -0.2) is 4.79 Å². The van der Waals surface area contributed by atoms with Crippen molar-refractivity contribution in [3.05, 3.63) is 96.7 Å². The second-order valence-corrected chi connectivity index (χ2v) is 7.62. The van der Waals surface area contributed by atoms with Crippen LogP contribution >= 0.6 is 15.9 Å². The summed E-state index contributed by atoms with van der Waals surface area (Å²) in [5, 5.41) is 4.98. The van der Waals surface area contributed by atoms with Crippen molar-refractivity contribution >= 4 is 33.5 Å². The highest BCUT2D eigenvalue weighted by Gasteiger charge is 2.33. The van der Waals surface area contributed by atoms with Crippen LogP contribution < -0.4 is 21.9 Å². The number of carbonyl (C=O) groups is 1. The van der Waals surface area contributed by atoms with Gasteiger partial charge in [0.05, 0.1) is 11.3 Å². The Kier molecular flexibility index (Phi) is 7.48. The lowest BCUT2D eigenvalue weighted by Gasteiger charge is -2.16. The number of amides is 1. The van der Waals surface area contributed by atoms with Crippen molar-refractivity contribution in [1.29, 1.82) is 0 Å². The zero-order valence-corrected chi connectivity index (χ0v) is 18.4. The molecule has 0 aliphatic carbocycles. The molecule has 1 amide bonds. The fourth-order valence-electron chi connectivity index (χ4n) is 2.77. The van der Waals surface area contributed by atoms with Crippen LogP contribution in [0.15, 0.2) is 73.8 Å². The predicted octanol–water partition coefficient (Wildman–Crippen LogP) is 3.29. The van der Waals surface area contributed by atoms with Crippen molar-refractivity contribution in [1.82, 2.24) is 15.3 Å². The lowest BCUT2D eigenvalue weighted by molar-refractivity contribution is -0.136. The molecule has 0 aliphatic heterocycles. The Morgan fingerprint density at radius 3 is 2.42 bits per heavy atom. The molecule has 1 heterocycles. The first-order chi connectivity index (χ1) is 15.6. The first-order valence-corrected chi connectivity index (χ1v) is 10.3. The molecule has 8 nitrogen and oxygen atoms in total. The van der Waals surface area contributed by atoms with E-state index in [2.05, 4.69) is 41.5 Å². The number of hydrogen-bond donors (Lipinski definition) is 4. The van der Waals surface area contributed by atoms with Gasteiger partial charge in [-0.3, -0.25) is 24.9 Å². The van der Waals surface area contributed by atoms with Gasteiger partial charge in [-0.2, -0.15) is 13.2 Å². The molecule has 0 radical (unpaired) electrons. The molecule has 12 heteroatoms. The van der Waals surface area contributed by atoms with Crippen LogP contribution in [0.5, 0.6) is 0 Å². The van der Waals surface area contributed by atoms with Crippen molar-refractivity contribution < 1.29 is 18.0 Å². The number of anilines is 1. The zero-order valence-electron chi connectivity index (χ0n) is 16.8. The minimum absolute atomic E-state index is 0.0619. The normalized spacial score (nSPS) is 11.8. The standard InChI is InChI=1S/C21H17BrF3N5O3/c22-14-7-5-12(6-8-14)17(31)29-19(26-10-9-13-11-27-20(33)30-18(13)32)28-16-4-2-1-3-15(16)21(23,24)25/h1-8,11H,9-10H2,(H2,26,28,29,31)(H2,27,30,32,33). The molecule has 0 bridgehead atoms. The molecule has 3 aromatic rings. The van der Waals surface area contributed by atoms with Crippen LogP contribution in [-0.2, 0) is 12.6 Å². The quantitative estimate of drug-likeness (QED) is 0.303. The Morgan fingerprint density at radius 2 is 1.76 bits per heavy atom. The number of benzene rings is 2. The summed E-state index contributed by atoms with van der Waals surface area (Å²) in [5.41, 5.74) is -2.04. The van der Waals surface area contributed by atoms with Gasteiger partial charge < -0.3 is 10.3 Å². The van der Waals surface area contributed by atoms with Crippen molar-refractivity contribution in [2.24, 2.45) is 4.99 Å². The number of halogens is 4. The van der Waals surface area contributed by atoms with Crippen LogP contribution in [0, 0.1) is 0 Å². The number of H-pyrrole nitrogens is 2. The number of nitrogens with zero attached hydrogens (tertiary/aromatic N) is 1. The van der Waals surface area contributed by atoms with E-state index < -0.39 is 28.9 Å². The van der Waals surface area contributed by atoms with Crippen molar-refractivity contribution in [2.75, 3.05) is 11.9 Å². The number of para-hydroxylation sites is 1. The smallest absolute Gasteiger partial charge is 0.325 e. The summed E-state index contributed by atoms with van der Waals surface area (Å²) in [6.45, 7) is -0.0632. The molecule has 0 saturated carbocycles. The molecule has 0 spiro atoms. The largest absolute Gasteiger partial charge is 0.418 e. The average molecular weight is 524 g/mol. The first kappa shape index (κ1) is 24.0. The number of hydrogen-bond acceptors (Lipinski definition) is 4. The van der Waals surface area contributed by atoms with E-state index in [0.29, 0.717) is 0 Å². The predicted molar refractivity (Wildman–Crippen MR) is 120 cm³/mol. The molecule has 0 aliphatic rings. The Hall–Kier alpha value is -3.67. The summed E-state index contributed by atoms with van der Waals surface area (Å²) < 4.78 is 40.9. The second kappa shape index (κ2) is 10.3. The van der Waals surface area contributed by atoms with Gasteiger partial charge in [0, 0.05) is 28.3 Å². The van der Waals surface area contributed by atoms with Crippen LogP contribution in [0.3, 0.4) is 0 Å². The number of rotatable bonds is 5. The highest BCUT2D eigenvalue weighted by molar-refractivity contribution is 9.10. The van der Waals surface area contributed by atoms with Crippen LogP contribution in [-0.4, -0.2) is 28.4 Å². The monoisotopic (exact) mass is 523 g/mol. The van der Waals surface area contributed by atoms with Gasteiger partial charge >= 0.3 is 11.9 Å². The Labute approximate surface area is 193 Å². The fraction of sp³-hybridized carbons (Fsp3) is 0.143. The fourth-order valence-corrected chi connectivity index (χ4v) is 3.03. The van der Waals surface area contributed by atoms with E-state index in [1.54, 1.807) is 12.1 Å². The molecule has 1 aromatic heterocycles. The molecule has 172 valence electrons. The maximum atomic E-state index is 13.4. The third-order valence-corrected chi connectivity index (χ3v) is 4.90.